The number of halogens is 4. The van der Waals surface area contributed by atoms with Crippen LogP contribution in [0.4, 0.5) is 13.2 Å². The lowest BCUT2D eigenvalue weighted by atomic mass is 9.93. The van der Waals surface area contributed by atoms with Gasteiger partial charge in [-0.1, -0.05) is 0 Å². The molecule has 0 saturated carbocycles. The van der Waals surface area contributed by atoms with Gasteiger partial charge in [0.2, 0.25) is 0 Å². The maximum atomic E-state index is 12.4. The lowest BCUT2D eigenvalue weighted by Crippen LogP contribution is -2.41. The molecule has 1 aliphatic heterocycles. The van der Waals surface area contributed by atoms with Crippen LogP contribution in [0.2, 0.25) is 0 Å². The number of aryl methyl sites for hydroxylation is 2. The minimum absolute atomic E-state index is 0. The zero-order chi connectivity index (χ0) is 20.0. The van der Waals surface area contributed by atoms with Gasteiger partial charge >= 0.3 is 6.18 Å². The fourth-order valence-corrected chi connectivity index (χ4v) is 3.55. The van der Waals surface area contributed by atoms with Crippen LogP contribution in [0.25, 0.3) is 0 Å². The number of nitrogens with zero attached hydrogens (tertiary/aromatic N) is 4. The highest BCUT2D eigenvalue weighted by Gasteiger charge is 2.32. The van der Waals surface area contributed by atoms with E-state index in [9.17, 15) is 13.2 Å². The van der Waals surface area contributed by atoms with Crippen LogP contribution in [-0.2, 0) is 13.6 Å². The van der Waals surface area contributed by atoms with E-state index in [1.807, 2.05) is 25.6 Å². The van der Waals surface area contributed by atoms with Gasteiger partial charge < -0.3 is 10.6 Å². The zero-order valence-electron chi connectivity index (χ0n) is 17.1. The van der Waals surface area contributed by atoms with E-state index < -0.39 is 12.7 Å². The van der Waals surface area contributed by atoms with Crippen LogP contribution in [0.5, 0.6) is 0 Å². The number of guanidine groups is 1. The standard InChI is InChI=1S/C18H31F3N6.HI/c1-13-16(14(2)26(4)25-13)11-24-17(22-3)23-8-5-15-6-9-27(10-7-15)12-18(19,20)21;/h15H,5-12H2,1-4H3,(H2,22,23,24);1H. The van der Waals surface area contributed by atoms with Gasteiger partial charge in [-0.15, -0.1) is 24.0 Å². The van der Waals surface area contributed by atoms with Gasteiger partial charge in [-0.3, -0.25) is 14.6 Å². The molecule has 6 nitrogen and oxygen atoms in total. The molecule has 10 heteroatoms. The monoisotopic (exact) mass is 516 g/mol. The average Bonchev–Trinajstić information content (AvgIpc) is 2.83. The Hall–Kier alpha value is -1.04. The molecule has 0 radical (unpaired) electrons. The van der Waals surface area contributed by atoms with Crippen LogP contribution < -0.4 is 10.6 Å². The van der Waals surface area contributed by atoms with E-state index in [2.05, 4.69) is 20.7 Å². The number of rotatable bonds is 6. The van der Waals surface area contributed by atoms with Crippen molar-refractivity contribution in [1.29, 1.82) is 0 Å². The molecule has 1 aromatic rings. The summed E-state index contributed by atoms with van der Waals surface area (Å²) in [6, 6.07) is 0. The van der Waals surface area contributed by atoms with E-state index >= 15 is 0 Å². The molecule has 2 N–H and O–H groups in total. The molecule has 2 heterocycles. The van der Waals surface area contributed by atoms with Crippen molar-refractivity contribution in [3.8, 4) is 0 Å². The third-order valence-corrected chi connectivity index (χ3v) is 5.27. The second-order valence-electron chi connectivity index (χ2n) is 7.25. The van der Waals surface area contributed by atoms with Gasteiger partial charge in [0.15, 0.2) is 5.96 Å². The molecule has 0 spiro atoms. The Morgan fingerprint density at radius 2 is 1.86 bits per heavy atom. The number of likely N-dealkylation sites (tertiary alicyclic amines) is 1. The van der Waals surface area contributed by atoms with Crippen LogP contribution in [0, 0.1) is 19.8 Å². The molecule has 1 aliphatic rings. The van der Waals surface area contributed by atoms with Gasteiger partial charge in [0.25, 0.3) is 0 Å². The van der Waals surface area contributed by atoms with Crippen molar-refractivity contribution >= 4 is 29.9 Å². The summed E-state index contributed by atoms with van der Waals surface area (Å²) < 4.78 is 39.2. The molecule has 0 unspecified atom stereocenters. The number of nitrogens with one attached hydrogen (secondary N) is 2. The highest BCUT2D eigenvalue weighted by atomic mass is 127. The van der Waals surface area contributed by atoms with Crippen LogP contribution >= 0.6 is 24.0 Å². The van der Waals surface area contributed by atoms with E-state index in [4.69, 9.17) is 0 Å². The lowest BCUT2D eigenvalue weighted by Gasteiger charge is -2.32. The summed E-state index contributed by atoms with van der Waals surface area (Å²) in [5, 5.41) is 11.0. The van der Waals surface area contributed by atoms with Gasteiger partial charge in [0.05, 0.1) is 12.2 Å². The van der Waals surface area contributed by atoms with Gasteiger partial charge in [-0.05, 0) is 52.1 Å². The summed E-state index contributed by atoms with van der Waals surface area (Å²) in [6.07, 6.45) is -1.53. The summed E-state index contributed by atoms with van der Waals surface area (Å²) in [4.78, 5) is 5.74. The second kappa shape index (κ2) is 11.2. The van der Waals surface area contributed by atoms with Crippen molar-refractivity contribution in [3.63, 3.8) is 0 Å². The smallest absolute Gasteiger partial charge is 0.356 e. The van der Waals surface area contributed by atoms with Gasteiger partial charge in [0, 0.05) is 38.4 Å². The number of aliphatic imine (C=N–C) groups is 1. The fourth-order valence-electron chi connectivity index (χ4n) is 3.55. The van der Waals surface area contributed by atoms with Crippen LogP contribution in [0.1, 0.15) is 36.2 Å². The van der Waals surface area contributed by atoms with E-state index in [1.54, 1.807) is 7.05 Å². The Labute approximate surface area is 182 Å². The molecule has 0 bridgehead atoms. The Morgan fingerprint density at radius 1 is 1.21 bits per heavy atom. The SMILES string of the molecule is CN=C(NCCC1CCN(CC(F)(F)F)CC1)NCc1c(C)nn(C)c1C.I. The number of alkyl halides is 3. The summed E-state index contributed by atoms with van der Waals surface area (Å²) in [5.41, 5.74) is 3.29. The average molecular weight is 516 g/mol. The molecular formula is C18H32F3IN6. The largest absolute Gasteiger partial charge is 0.401 e. The molecular weight excluding hydrogens is 484 g/mol. The van der Waals surface area contributed by atoms with Crippen LogP contribution in [-0.4, -0.2) is 60.0 Å². The zero-order valence-corrected chi connectivity index (χ0v) is 19.4. The molecule has 1 fully saturated rings. The highest BCUT2D eigenvalue weighted by molar-refractivity contribution is 14.0. The molecule has 28 heavy (non-hydrogen) atoms. The Kier molecular flexibility index (Phi) is 10.0. The first-order valence-corrected chi connectivity index (χ1v) is 9.42. The maximum absolute atomic E-state index is 12.4. The van der Waals surface area contributed by atoms with E-state index in [0.29, 0.717) is 25.6 Å². The molecule has 0 amide bonds. The number of aromatic nitrogens is 2. The third-order valence-electron chi connectivity index (χ3n) is 5.27. The van der Waals surface area contributed by atoms with Crippen molar-refractivity contribution in [3.05, 3.63) is 17.0 Å². The van der Waals surface area contributed by atoms with E-state index in [-0.39, 0.29) is 24.0 Å². The summed E-state index contributed by atoms with van der Waals surface area (Å²) in [5.74, 6) is 1.19. The minimum Gasteiger partial charge on any atom is -0.356 e. The molecule has 1 aromatic heterocycles. The molecule has 0 atom stereocenters. The Balaban J connectivity index is 0.00000392. The first-order chi connectivity index (χ1) is 12.7. The number of hydrogen-bond donors (Lipinski definition) is 2. The highest BCUT2D eigenvalue weighted by Crippen LogP contribution is 2.23. The van der Waals surface area contributed by atoms with Crippen molar-refractivity contribution in [1.82, 2.24) is 25.3 Å². The van der Waals surface area contributed by atoms with Crippen LogP contribution in [0.15, 0.2) is 4.99 Å². The maximum Gasteiger partial charge on any atom is 0.401 e. The molecule has 0 aliphatic carbocycles. The Bertz CT molecular complexity index is 636. The van der Waals surface area contributed by atoms with Crippen molar-refractivity contribution < 1.29 is 13.2 Å². The summed E-state index contributed by atoms with van der Waals surface area (Å²) >= 11 is 0. The first kappa shape index (κ1) is 25.0. The van der Waals surface area contributed by atoms with E-state index in [1.165, 1.54) is 4.90 Å². The van der Waals surface area contributed by atoms with Crippen molar-refractivity contribution in [2.75, 3.05) is 33.2 Å². The van der Waals surface area contributed by atoms with Crippen molar-refractivity contribution in [2.24, 2.45) is 18.0 Å². The van der Waals surface area contributed by atoms with Crippen molar-refractivity contribution in [2.45, 2.75) is 45.8 Å². The molecule has 1 saturated heterocycles. The predicted molar refractivity (Wildman–Crippen MR) is 116 cm³/mol. The predicted octanol–water partition coefficient (Wildman–Crippen LogP) is 2.98. The number of hydrogen-bond acceptors (Lipinski definition) is 3. The summed E-state index contributed by atoms with van der Waals surface area (Å²) in [6.45, 7) is 5.70. The minimum atomic E-state index is -4.10. The Morgan fingerprint density at radius 3 is 2.36 bits per heavy atom. The normalized spacial score (nSPS) is 16.8. The van der Waals surface area contributed by atoms with Gasteiger partial charge in [-0.25, -0.2) is 0 Å². The van der Waals surface area contributed by atoms with E-state index in [0.717, 1.165) is 48.7 Å². The molecule has 162 valence electrons. The molecule has 2 rings (SSSR count). The quantitative estimate of drug-likeness (QED) is 0.347. The fraction of sp³-hybridized carbons (Fsp3) is 0.778. The lowest BCUT2D eigenvalue weighted by molar-refractivity contribution is -0.148. The topological polar surface area (TPSA) is 57.5 Å². The number of piperidine rings is 1. The third kappa shape index (κ3) is 7.76. The first-order valence-electron chi connectivity index (χ1n) is 9.42. The molecule has 0 aromatic carbocycles. The summed E-state index contributed by atoms with van der Waals surface area (Å²) in [7, 11) is 3.66. The van der Waals surface area contributed by atoms with Gasteiger partial charge in [-0.2, -0.15) is 18.3 Å². The second-order valence-corrected chi connectivity index (χ2v) is 7.25. The van der Waals surface area contributed by atoms with Crippen LogP contribution in [0.3, 0.4) is 0 Å². The van der Waals surface area contributed by atoms with Gasteiger partial charge in [0.1, 0.15) is 0 Å².